The molecule has 162 valence electrons. The summed E-state index contributed by atoms with van der Waals surface area (Å²) in [6.07, 6.45) is 1.05. The molecule has 2 atom stereocenters. The molecule has 1 aliphatic rings. The Balaban J connectivity index is 1.52. The highest BCUT2D eigenvalue weighted by Gasteiger charge is 2.26. The second-order valence-corrected chi connectivity index (χ2v) is 8.22. The lowest BCUT2D eigenvalue weighted by Crippen LogP contribution is -2.52. The Morgan fingerprint density at radius 2 is 1.70 bits per heavy atom. The zero-order chi connectivity index (χ0) is 21.5. The molecule has 0 saturated carbocycles. The van der Waals surface area contributed by atoms with Gasteiger partial charge in [0.05, 0.1) is 13.2 Å². The van der Waals surface area contributed by atoms with Gasteiger partial charge in [0, 0.05) is 38.4 Å². The highest BCUT2D eigenvalue weighted by atomic mass is 16.5. The van der Waals surface area contributed by atoms with Gasteiger partial charge in [0.25, 0.3) is 0 Å². The van der Waals surface area contributed by atoms with E-state index in [0.717, 1.165) is 50.6 Å². The van der Waals surface area contributed by atoms with E-state index >= 15 is 0 Å². The quantitative estimate of drug-likeness (QED) is 0.704. The molecular weight excluding hydrogens is 374 g/mol. The Bertz CT molecular complexity index is 813. The predicted octanol–water partition coefficient (Wildman–Crippen LogP) is 4.35. The van der Waals surface area contributed by atoms with Crippen molar-refractivity contribution in [2.75, 3.05) is 38.6 Å². The molecule has 0 spiro atoms. The van der Waals surface area contributed by atoms with Crippen molar-refractivity contribution in [1.82, 2.24) is 9.80 Å². The number of rotatable bonds is 8. The molecule has 0 unspecified atom stereocenters. The highest BCUT2D eigenvalue weighted by Crippen LogP contribution is 2.27. The van der Waals surface area contributed by atoms with Gasteiger partial charge in [-0.25, -0.2) is 0 Å². The van der Waals surface area contributed by atoms with E-state index in [-0.39, 0.29) is 11.9 Å². The summed E-state index contributed by atoms with van der Waals surface area (Å²) in [7, 11) is 1.69. The van der Waals surface area contributed by atoms with Gasteiger partial charge in [-0.2, -0.15) is 0 Å². The SMILES string of the molecule is CC[C@@H](C)c1ccccc1NC(=O)[C@@H](C)N1CCN(Cc2ccc(OC)cc2)CC1. The fourth-order valence-electron chi connectivity index (χ4n) is 3.96. The number of amides is 1. The number of nitrogens with zero attached hydrogens (tertiary/aromatic N) is 2. The smallest absolute Gasteiger partial charge is 0.241 e. The van der Waals surface area contributed by atoms with Gasteiger partial charge < -0.3 is 10.1 Å². The van der Waals surface area contributed by atoms with Gasteiger partial charge in [0.1, 0.15) is 5.75 Å². The van der Waals surface area contributed by atoms with Crippen LogP contribution in [0, 0.1) is 0 Å². The van der Waals surface area contributed by atoms with E-state index in [2.05, 4.69) is 47.2 Å². The summed E-state index contributed by atoms with van der Waals surface area (Å²) in [5.74, 6) is 1.39. The van der Waals surface area contributed by atoms with Gasteiger partial charge in [-0.3, -0.25) is 14.6 Å². The number of benzene rings is 2. The van der Waals surface area contributed by atoms with Gasteiger partial charge in [0.2, 0.25) is 5.91 Å². The van der Waals surface area contributed by atoms with Crippen LogP contribution in [0.2, 0.25) is 0 Å². The second-order valence-electron chi connectivity index (χ2n) is 8.22. The van der Waals surface area contributed by atoms with Crippen molar-refractivity contribution in [3.8, 4) is 5.75 Å². The number of ether oxygens (including phenoxy) is 1. The summed E-state index contributed by atoms with van der Waals surface area (Å²) in [5.41, 5.74) is 3.45. The Morgan fingerprint density at radius 3 is 2.33 bits per heavy atom. The molecule has 1 fully saturated rings. The number of nitrogens with one attached hydrogen (secondary N) is 1. The summed E-state index contributed by atoms with van der Waals surface area (Å²) in [5, 5.41) is 3.18. The molecule has 0 radical (unpaired) electrons. The van der Waals surface area contributed by atoms with E-state index in [1.807, 2.05) is 37.3 Å². The van der Waals surface area contributed by atoms with E-state index < -0.39 is 0 Å². The van der Waals surface area contributed by atoms with Gasteiger partial charge in [-0.05, 0) is 48.6 Å². The molecule has 0 bridgehead atoms. The van der Waals surface area contributed by atoms with Crippen molar-refractivity contribution in [3.63, 3.8) is 0 Å². The first-order chi connectivity index (χ1) is 14.5. The summed E-state index contributed by atoms with van der Waals surface area (Å²) in [6.45, 7) is 11.1. The molecule has 3 rings (SSSR count). The molecule has 0 aliphatic carbocycles. The van der Waals surface area contributed by atoms with Gasteiger partial charge in [0.15, 0.2) is 0 Å². The first kappa shape index (κ1) is 22.3. The molecule has 1 heterocycles. The van der Waals surface area contributed by atoms with Gasteiger partial charge in [-0.15, -0.1) is 0 Å². The number of piperazine rings is 1. The maximum Gasteiger partial charge on any atom is 0.241 e. The number of hydrogen-bond acceptors (Lipinski definition) is 4. The minimum Gasteiger partial charge on any atom is -0.497 e. The molecule has 0 aromatic heterocycles. The van der Waals surface area contributed by atoms with Crippen LogP contribution >= 0.6 is 0 Å². The molecule has 1 saturated heterocycles. The third kappa shape index (κ3) is 5.61. The lowest BCUT2D eigenvalue weighted by molar-refractivity contribution is -0.121. The van der Waals surface area contributed by atoms with Crippen molar-refractivity contribution in [2.45, 2.75) is 45.7 Å². The first-order valence-electron chi connectivity index (χ1n) is 11.0. The van der Waals surface area contributed by atoms with Crippen molar-refractivity contribution in [1.29, 1.82) is 0 Å². The van der Waals surface area contributed by atoms with Crippen molar-refractivity contribution < 1.29 is 9.53 Å². The largest absolute Gasteiger partial charge is 0.497 e. The summed E-state index contributed by atoms with van der Waals surface area (Å²) in [4.78, 5) is 17.7. The van der Waals surface area contributed by atoms with E-state index in [1.165, 1.54) is 11.1 Å². The molecule has 2 aromatic rings. The average Bonchev–Trinajstić information content (AvgIpc) is 2.79. The first-order valence-corrected chi connectivity index (χ1v) is 11.0. The number of hydrogen-bond donors (Lipinski definition) is 1. The summed E-state index contributed by atoms with van der Waals surface area (Å²) < 4.78 is 5.23. The summed E-state index contributed by atoms with van der Waals surface area (Å²) in [6, 6.07) is 16.3. The molecule has 5 nitrogen and oxygen atoms in total. The van der Waals surface area contributed by atoms with Crippen LogP contribution in [0.5, 0.6) is 5.75 Å². The summed E-state index contributed by atoms with van der Waals surface area (Å²) >= 11 is 0. The van der Waals surface area contributed by atoms with Gasteiger partial charge >= 0.3 is 0 Å². The van der Waals surface area contributed by atoms with Crippen LogP contribution in [0.3, 0.4) is 0 Å². The lowest BCUT2D eigenvalue weighted by atomic mass is 9.97. The molecule has 5 heteroatoms. The third-order valence-electron chi connectivity index (χ3n) is 6.26. The van der Waals surface area contributed by atoms with Crippen LogP contribution in [-0.2, 0) is 11.3 Å². The highest BCUT2D eigenvalue weighted by molar-refractivity contribution is 5.95. The molecule has 30 heavy (non-hydrogen) atoms. The number of methoxy groups -OCH3 is 1. The van der Waals surface area contributed by atoms with Crippen LogP contribution in [0.15, 0.2) is 48.5 Å². The monoisotopic (exact) mass is 409 g/mol. The Kier molecular flexibility index (Phi) is 7.88. The zero-order valence-electron chi connectivity index (χ0n) is 18.7. The Morgan fingerprint density at radius 1 is 1.03 bits per heavy atom. The van der Waals surface area contributed by atoms with Crippen LogP contribution in [0.25, 0.3) is 0 Å². The third-order valence-corrected chi connectivity index (χ3v) is 6.26. The van der Waals surface area contributed by atoms with Crippen LogP contribution < -0.4 is 10.1 Å². The van der Waals surface area contributed by atoms with E-state index in [4.69, 9.17) is 4.74 Å². The van der Waals surface area contributed by atoms with E-state index in [1.54, 1.807) is 7.11 Å². The standard InChI is InChI=1S/C25H35N3O2/c1-5-19(2)23-8-6-7-9-24(23)26-25(29)20(3)28-16-14-27(15-17-28)18-21-10-12-22(30-4)13-11-21/h6-13,19-20H,5,14-18H2,1-4H3,(H,26,29)/t19-,20-/m1/s1. The molecular formula is C25H35N3O2. The zero-order valence-corrected chi connectivity index (χ0v) is 18.7. The van der Waals surface area contributed by atoms with Crippen molar-refractivity contribution in [3.05, 3.63) is 59.7 Å². The van der Waals surface area contributed by atoms with Crippen molar-refractivity contribution >= 4 is 11.6 Å². The second kappa shape index (κ2) is 10.6. The van der Waals surface area contributed by atoms with Crippen molar-refractivity contribution in [2.24, 2.45) is 0 Å². The van der Waals surface area contributed by atoms with Crippen LogP contribution in [0.1, 0.15) is 44.2 Å². The number of carbonyl (C=O) groups excluding carboxylic acids is 1. The van der Waals surface area contributed by atoms with Gasteiger partial charge in [-0.1, -0.05) is 44.2 Å². The topological polar surface area (TPSA) is 44.8 Å². The molecule has 1 aliphatic heterocycles. The number of para-hydroxylation sites is 1. The fraction of sp³-hybridized carbons (Fsp3) is 0.480. The maximum atomic E-state index is 12.9. The van der Waals surface area contributed by atoms with Crippen LogP contribution in [-0.4, -0.2) is 55.0 Å². The van der Waals surface area contributed by atoms with E-state index in [9.17, 15) is 4.79 Å². The lowest BCUT2D eigenvalue weighted by Gasteiger charge is -2.37. The Hall–Kier alpha value is -2.37. The van der Waals surface area contributed by atoms with E-state index in [0.29, 0.717) is 5.92 Å². The normalized spacial score (nSPS) is 17.3. The minimum atomic E-state index is -0.141. The predicted molar refractivity (Wildman–Crippen MR) is 123 cm³/mol. The minimum absolute atomic E-state index is 0.0781. The van der Waals surface area contributed by atoms with Crippen LogP contribution in [0.4, 0.5) is 5.69 Å². The average molecular weight is 410 g/mol. The fourth-order valence-corrected chi connectivity index (χ4v) is 3.96. The maximum absolute atomic E-state index is 12.9. The molecule has 2 aromatic carbocycles. The molecule has 1 amide bonds. The molecule has 1 N–H and O–H groups in total. The number of carbonyl (C=O) groups is 1. The number of anilines is 1. The Labute approximate surface area is 181 Å².